The van der Waals surface area contributed by atoms with Crippen LogP contribution in [0.25, 0.3) is 0 Å². The molecule has 29 heavy (non-hydrogen) atoms. The highest BCUT2D eigenvalue weighted by Crippen LogP contribution is 2.41. The van der Waals surface area contributed by atoms with E-state index in [1.165, 1.54) is 29.6 Å². The van der Waals surface area contributed by atoms with E-state index >= 15 is 0 Å². The minimum atomic E-state index is -3.79. The molecule has 0 saturated carbocycles. The third-order valence-corrected chi connectivity index (χ3v) is 7.36. The van der Waals surface area contributed by atoms with Crippen LogP contribution in [0.4, 0.5) is 15.8 Å². The van der Waals surface area contributed by atoms with E-state index in [0.717, 1.165) is 12.8 Å². The molecule has 0 radical (unpaired) electrons. The number of methoxy groups -OCH3 is 1. The Labute approximate surface area is 171 Å². The molecule has 3 rings (SSSR count). The topological polar surface area (TPSA) is 70.1 Å². The van der Waals surface area contributed by atoms with E-state index in [-0.39, 0.29) is 23.4 Å². The van der Waals surface area contributed by atoms with Gasteiger partial charge in [-0.2, -0.15) is 4.31 Å². The second-order valence-corrected chi connectivity index (χ2v) is 9.16. The van der Waals surface area contributed by atoms with E-state index < -0.39 is 10.0 Å². The molecular weight excluding hydrogens is 395 g/mol. The molecule has 158 valence electrons. The van der Waals surface area contributed by atoms with Crippen LogP contribution in [-0.4, -0.2) is 44.6 Å². The smallest absolute Gasteiger partial charge is 0.245 e. The van der Waals surface area contributed by atoms with Crippen molar-refractivity contribution in [2.24, 2.45) is 0 Å². The van der Waals surface area contributed by atoms with Gasteiger partial charge in [0.2, 0.25) is 10.0 Å². The molecule has 8 heteroatoms. The van der Waals surface area contributed by atoms with Gasteiger partial charge in [0, 0.05) is 37.0 Å². The lowest BCUT2D eigenvalue weighted by Crippen LogP contribution is -2.40. The van der Waals surface area contributed by atoms with Crippen LogP contribution >= 0.6 is 0 Å². The number of sulfonamides is 1. The Morgan fingerprint density at radius 2 is 1.93 bits per heavy atom. The number of hydrogen-bond acceptors (Lipinski definition) is 5. The fourth-order valence-electron chi connectivity index (χ4n) is 3.68. The Kier molecular flexibility index (Phi) is 6.45. The normalized spacial score (nSPS) is 18.9. The standard InChI is InChI=1S/C21H27FN2O4S/c1-4-5-6-18-13-24(17-9-7-16(22)8-10-17)19-12-20(28-3)15(14-25)11-21(19)29(26,27)23(18)2/h7-12,18,25H,4-6,13-14H2,1-3H3. The molecule has 1 unspecified atom stereocenters. The maximum absolute atomic E-state index is 13.5. The third kappa shape index (κ3) is 4.10. The zero-order chi connectivity index (χ0) is 21.2. The summed E-state index contributed by atoms with van der Waals surface area (Å²) in [5.74, 6) is 0.0486. The fourth-order valence-corrected chi connectivity index (χ4v) is 5.28. The van der Waals surface area contributed by atoms with Crippen molar-refractivity contribution < 1.29 is 22.7 Å². The van der Waals surface area contributed by atoms with Gasteiger partial charge >= 0.3 is 0 Å². The number of rotatable bonds is 6. The van der Waals surface area contributed by atoms with Gasteiger partial charge in [0.05, 0.1) is 19.4 Å². The third-order valence-electron chi connectivity index (χ3n) is 5.42. The predicted octanol–water partition coefficient (Wildman–Crippen LogP) is 3.66. The highest BCUT2D eigenvalue weighted by molar-refractivity contribution is 7.89. The van der Waals surface area contributed by atoms with Gasteiger partial charge in [-0.25, -0.2) is 12.8 Å². The molecule has 2 aromatic carbocycles. The Hall–Kier alpha value is -2.16. The summed E-state index contributed by atoms with van der Waals surface area (Å²) in [4.78, 5) is 1.99. The SMILES string of the molecule is CCCCC1CN(c2ccc(F)cc2)c2cc(OC)c(CO)cc2S(=O)(=O)N1C. The van der Waals surface area contributed by atoms with Gasteiger partial charge in [0.25, 0.3) is 0 Å². The lowest BCUT2D eigenvalue weighted by atomic mass is 10.1. The number of ether oxygens (including phenoxy) is 1. The largest absolute Gasteiger partial charge is 0.496 e. The van der Waals surface area contributed by atoms with Gasteiger partial charge in [-0.3, -0.25) is 0 Å². The molecule has 1 heterocycles. The van der Waals surface area contributed by atoms with Crippen molar-refractivity contribution in [2.75, 3.05) is 25.6 Å². The molecule has 0 aliphatic carbocycles. The van der Waals surface area contributed by atoms with Crippen LogP contribution < -0.4 is 9.64 Å². The fraction of sp³-hybridized carbons (Fsp3) is 0.429. The van der Waals surface area contributed by atoms with Crippen molar-refractivity contribution in [1.29, 1.82) is 0 Å². The number of halogens is 1. The number of fused-ring (bicyclic) bond motifs is 1. The first-order valence-electron chi connectivity index (χ1n) is 9.66. The van der Waals surface area contributed by atoms with Crippen molar-refractivity contribution in [3.63, 3.8) is 0 Å². The molecule has 0 saturated heterocycles. The van der Waals surface area contributed by atoms with E-state index in [2.05, 4.69) is 6.92 Å². The summed E-state index contributed by atoms with van der Waals surface area (Å²) in [6.07, 6.45) is 2.56. The second kappa shape index (κ2) is 8.69. The Morgan fingerprint density at radius 1 is 1.24 bits per heavy atom. The van der Waals surface area contributed by atoms with Crippen LogP contribution in [0.15, 0.2) is 41.3 Å². The lowest BCUT2D eigenvalue weighted by molar-refractivity contribution is 0.273. The molecule has 6 nitrogen and oxygen atoms in total. The summed E-state index contributed by atoms with van der Waals surface area (Å²) < 4.78 is 47.1. The summed E-state index contributed by atoms with van der Waals surface area (Å²) in [5.41, 5.74) is 1.55. The van der Waals surface area contributed by atoms with Crippen molar-refractivity contribution in [3.8, 4) is 5.75 Å². The Balaban J connectivity index is 2.24. The van der Waals surface area contributed by atoms with Gasteiger partial charge in [-0.1, -0.05) is 19.8 Å². The average molecular weight is 423 g/mol. The van der Waals surface area contributed by atoms with Gasteiger partial charge in [-0.05, 0) is 36.8 Å². The number of aliphatic hydroxyl groups excluding tert-OH is 1. The number of hydrogen-bond donors (Lipinski definition) is 1. The molecule has 1 aliphatic heterocycles. The van der Waals surface area contributed by atoms with E-state index in [0.29, 0.717) is 35.7 Å². The van der Waals surface area contributed by atoms with E-state index in [4.69, 9.17) is 4.74 Å². The number of likely N-dealkylation sites (N-methyl/N-ethyl adjacent to an activating group) is 1. The van der Waals surface area contributed by atoms with Crippen LogP contribution in [0, 0.1) is 5.82 Å². The van der Waals surface area contributed by atoms with Crippen LogP contribution in [0.5, 0.6) is 5.75 Å². The van der Waals surface area contributed by atoms with Crippen LogP contribution in [0.2, 0.25) is 0 Å². The molecular formula is C21H27FN2O4S. The molecule has 0 fully saturated rings. The maximum atomic E-state index is 13.5. The van der Waals surface area contributed by atoms with Gasteiger partial charge in [0.1, 0.15) is 16.5 Å². The summed E-state index contributed by atoms with van der Waals surface area (Å²) in [6.45, 7) is 2.15. The number of benzene rings is 2. The quantitative estimate of drug-likeness (QED) is 0.769. The molecule has 1 aliphatic rings. The first kappa shape index (κ1) is 21.5. The average Bonchev–Trinajstić information content (AvgIpc) is 2.80. The van der Waals surface area contributed by atoms with E-state index in [9.17, 15) is 17.9 Å². The number of nitrogens with zero attached hydrogens (tertiary/aromatic N) is 2. The van der Waals surface area contributed by atoms with Crippen molar-refractivity contribution in [3.05, 3.63) is 47.8 Å². The highest BCUT2D eigenvalue weighted by Gasteiger charge is 2.37. The van der Waals surface area contributed by atoms with Crippen molar-refractivity contribution in [2.45, 2.75) is 43.7 Å². The Morgan fingerprint density at radius 3 is 2.52 bits per heavy atom. The van der Waals surface area contributed by atoms with Gasteiger partial charge in [-0.15, -0.1) is 0 Å². The number of unbranched alkanes of at least 4 members (excludes halogenated alkanes) is 1. The van der Waals surface area contributed by atoms with Crippen molar-refractivity contribution >= 4 is 21.4 Å². The molecule has 0 amide bonds. The first-order valence-corrected chi connectivity index (χ1v) is 11.1. The highest BCUT2D eigenvalue weighted by atomic mass is 32.2. The monoisotopic (exact) mass is 422 g/mol. The molecule has 1 atom stereocenters. The first-order chi connectivity index (χ1) is 13.8. The minimum Gasteiger partial charge on any atom is -0.496 e. The Bertz CT molecular complexity index is 963. The van der Waals surface area contributed by atoms with E-state index in [1.54, 1.807) is 25.2 Å². The molecule has 1 N–H and O–H groups in total. The minimum absolute atomic E-state index is 0.105. The summed E-state index contributed by atoms with van der Waals surface area (Å²) in [7, 11) is -0.722. The zero-order valence-electron chi connectivity index (χ0n) is 16.9. The zero-order valence-corrected chi connectivity index (χ0v) is 17.7. The molecule has 2 aromatic rings. The number of aliphatic hydroxyl groups is 1. The van der Waals surface area contributed by atoms with Crippen LogP contribution in [-0.2, 0) is 16.6 Å². The van der Waals surface area contributed by atoms with Crippen LogP contribution in [0.1, 0.15) is 31.7 Å². The molecule has 0 aromatic heterocycles. The van der Waals surface area contributed by atoms with Crippen LogP contribution in [0.3, 0.4) is 0 Å². The summed E-state index contributed by atoms with van der Waals surface area (Å²) >= 11 is 0. The van der Waals surface area contributed by atoms with Gasteiger partial charge < -0.3 is 14.7 Å². The second-order valence-electron chi connectivity index (χ2n) is 7.19. The maximum Gasteiger partial charge on any atom is 0.245 e. The molecule has 0 bridgehead atoms. The van der Waals surface area contributed by atoms with Crippen molar-refractivity contribution in [1.82, 2.24) is 4.31 Å². The lowest BCUT2D eigenvalue weighted by Gasteiger charge is -2.29. The van der Waals surface area contributed by atoms with Gasteiger partial charge in [0.15, 0.2) is 0 Å². The number of anilines is 2. The molecule has 0 spiro atoms. The summed E-state index contributed by atoms with van der Waals surface area (Å²) in [5, 5.41) is 9.70. The summed E-state index contributed by atoms with van der Waals surface area (Å²) in [6, 6.07) is 8.86. The van der Waals surface area contributed by atoms with E-state index in [1.807, 2.05) is 4.90 Å². The predicted molar refractivity (Wildman–Crippen MR) is 111 cm³/mol.